The van der Waals surface area contributed by atoms with Crippen molar-refractivity contribution in [1.82, 2.24) is 9.62 Å². The highest BCUT2D eigenvalue weighted by Gasteiger charge is 2.34. The molecule has 0 aromatic heterocycles. The minimum absolute atomic E-state index is 0.0104. The SMILES string of the molecule is COc1ccc(C(=O)OCC(=O)NC2CCS(=O)(=O)C2)cc1S(=O)(=O)N1CCCCC1C. The zero-order chi connectivity index (χ0) is 23.5. The summed E-state index contributed by atoms with van der Waals surface area (Å²) in [7, 11) is -5.71. The van der Waals surface area contributed by atoms with E-state index in [0.29, 0.717) is 13.0 Å². The van der Waals surface area contributed by atoms with Crippen LogP contribution in [0.15, 0.2) is 23.1 Å². The molecule has 0 bridgehead atoms. The van der Waals surface area contributed by atoms with Gasteiger partial charge in [-0.1, -0.05) is 6.42 Å². The molecule has 2 saturated heterocycles. The number of carbonyl (C=O) groups is 2. The summed E-state index contributed by atoms with van der Waals surface area (Å²) >= 11 is 0. The van der Waals surface area contributed by atoms with Crippen molar-refractivity contribution in [1.29, 1.82) is 0 Å². The molecule has 0 radical (unpaired) electrons. The summed E-state index contributed by atoms with van der Waals surface area (Å²) < 4.78 is 61.1. The van der Waals surface area contributed by atoms with Crippen LogP contribution in [-0.2, 0) is 29.4 Å². The molecular weight excluding hydrogens is 460 g/mol. The molecule has 2 atom stereocenters. The highest BCUT2D eigenvalue weighted by atomic mass is 32.2. The van der Waals surface area contributed by atoms with Gasteiger partial charge in [0, 0.05) is 18.6 Å². The number of rotatable bonds is 7. The number of esters is 1. The molecule has 178 valence electrons. The predicted octanol–water partition coefficient (Wildman–Crippen LogP) is 0.718. The number of nitrogens with one attached hydrogen (secondary N) is 1. The Morgan fingerprint density at radius 3 is 2.59 bits per heavy atom. The molecule has 3 rings (SSSR count). The maximum absolute atomic E-state index is 13.2. The van der Waals surface area contributed by atoms with E-state index in [-0.39, 0.29) is 33.8 Å². The molecule has 0 saturated carbocycles. The maximum Gasteiger partial charge on any atom is 0.338 e. The van der Waals surface area contributed by atoms with Crippen LogP contribution in [0, 0.1) is 0 Å². The lowest BCUT2D eigenvalue weighted by molar-refractivity contribution is -0.124. The van der Waals surface area contributed by atoms with Crippen LogP contribution in [0.25, 0.3) is 0 Å². The molecule has 1 N–H and O–H groups in total. The van der Waals surface area contributed by atoms with Gasteiger partial charge in [-0.05, 0) is 44.4 Å². The van der Waals surface area contributed by atoms with Gasteiger partial charge in [-0.15, -0.1) is 0 Å². The second-order valence-electron chi connectivity index (χ2n) is 8.07. The molecule has 1 aromatic rings. The third kappa shape index (κ3) is 5.59. The van der Waals surface area contributed by atoms with Crippen LogP contribution in [0.3, 0.4) is 0 Å². The van der Waals surface area contributed by atoms with E-state index in [4.69, 9.17) is 9.47 Å². The molecule has 10 nitrogen and oxygen atoms in total. The van der Waals surface area contributed by atoms with Gasteiger partial charge in [-0.25, -0.2) is 21.6 Å². The summed E-state index contributed by atoms with van der Waals surface area (Å²) in [5.74, 6) is -1.51. The van der Waals surface area contributed by atoms with Crippen LogP contribution in [-0.4, -0.2) is 76.9 Å². The number of methoxy groups -OCH3 is 1. The Morgan fingerprint density at radius 1 is 1.22 bits per heavy atom. The highest BCUT2D eigenvalue weighted by Crippen LogP contribution is 2.31. The summed E-state index contributed by atoms with van der Waals surface area (Å²) in [5.41, 5.74) is -0.0368. The quantitative estimate of drug-likeness (QED) is 0.555. The molecule has 2 heterocycles. The number of carbonyl (C=O) groups excluding carboxylic acids is 2. The van der Waals surface area contributed by atoms with E-state index < -0.39 is 44.4 Å². The van der Waals surface area contributed by atoms with Crippen molar-refractivity contribution in [2.75, 3.05) is 31.8 Å². The first kappa shape index (κ1) is 24.5. The minimum Gasteiger partial charge on any atom is -0.495 e. The second-order valence-corrected chi connectivity index (χ2v) is 12.2. The van der Waals surface area contributed by atoms with Crippen LogP contribution in [0.5, 0.6) is 5.75 Å². The first-order valence-corrected chi connectivity index (χ1v) is 13.7. The number of ether oxygens (including phenoxy) is 2. The van der Waals surface area contributed by atoms with Crippen molar-refractivity contribution in [3.63, 3.8) is 0 Å². The van der Waals surface area contributed by atoms with E-state index in [0.717, 1.165) is 19.3 Å². The molecule has 2 unspecified atom stereocenters. The van der Waals surface area contributed by atoms with Crippen molar-refractivity contribution >= 4 is 31.7 Å². The van der Waals surface area contributed by atoms with Gasteiger partial charge < -0.3 is 14.8 Å². The van der Waals surface area contributed by atoms with Crippen LogP contribution < -0.4 is 10.1 Å². The number of hydrogen-bond donors (Lipinski definition) is 1. The molecule has 2 fully saturated rings. The molecule has 12 heteroatoms. The standard InChI is InChI=1S/C20H28N2O8S2/c1-14-5-3-4-9-22(14)32(27,28)18-11-15(6-7-17(18)29-2)20(24)30-12-19(23)21-16-8-10-31(25,26)13-16/h6-7,11,14,16H,3-5,8-10,12-13H2,1-2H3,(H,21,23). The number of sulfonamides is 1. The van der Waals surface area contributed by atoms with Crippen LogP contribution in [0.1, 0.15) is 43.0 Å². The maximum atomic E-state index is 13.2. The van der Waals surface area contributed by atoms with Gasteiger partial charge in [-0.2, -0.15) is 4.31 Å². The topological polar surface area (TPSA) is 136 Å². The van der Waals surface area contributed by atoms with Crippen molar-refractivity contribution in [3.8, 4) is 5.75 Å². The third-order valence-corrected chi connectivity index (χ3v) is 9.46. The molecular formula is C20H28N2O8S2. The Kier molecular flexibility index (Phi) is 7.46. The number of sulfone groups is 1. The minimum atomic E-state index is -3.90. The van der Waals surface area contributed by atoms with E-state index in [9.17, 15) is 26.4 Å². The first-order valence-electron chi connectivity index (χ1n) is 10.4. The van der Waals surface area contributed by atoms with E-state index in [2.05, 4.69) is 5.32 Å². The number of benzene rings is 1. The second kappa shape index (κ2) is 9.75. The van der Waals surface area contributed by atoms with Gasteiger partial charge in [0.15, 0.2) is 16.4 Å². The average Bonchev–Trinajstić information content (AvgIpc) is 3.09. The number of amides is 1. The van der Waals surface area contributed by atoms with Gasteiger partial charge >= 0.3 is 5.97 Å². The molecule has 0 spiro atoms. The Bertz CT molecular complexity index is 1080. The van der Waals surface area contributed by atoms with Gasteiger partial charge in [-0.3, -0.25) is 4.79 Å². The highest BCUT2D eigenvalue weighted by molar-refractivity contribution is 7.91. The van der Waals surface area contributed by atoms with Crippen LogP contribution >= 0.6 is 0 Å². The summed E-state index contributed by atoms with van der Waals surface area (Å²) in [5, 5.41) is 2.53. The van der Waals surface area contributed by atoms with E-state index in [1.807, 2.05) is 6.92 Å². The molecule has 32 heavy (non-hydrogen) atoms. The van der Waals surface area contributed by atoms with Crippen molar-refractivity contribution in [2.45, 2.75) is 49.6 Å². The Hall–Kier alpha value is -2.18. The number of nitrogens with zero attached hydrogens (tertiary/aromatic N) is 1. The molecule has 1 amide bonds. The predicted molar refractivity (Wildman–Crippen MR) is 116 cm³/mol. The first-order chi connectivity index (χ1) is 15.0. The zero-order valence-corrected chi connectivity index (χ0v) is 19.7. The van der Waals surface area contributed by atoms with Crippen molar-refractivity contribution in [2.24, 2.45) is 0 Å². The van der Waals surface area contributed by atoms with Crippen molar-refractivity contribution in [3.05, 3.63) is 23.8 Å². The molecule has 2 aliphatic heterocycles. The smallest absolute Gasteiger partial charge is 0.338 e. The lowest BCUT2D eigenvalue weighted by atomic mass is 10.1. The van der Waals surface area contributed by atoms with Gasteiger partial charge in [0.25, 0.3) is 5.91 Å². The average molecular weight is 489 g/mol. The summed E-state index contributed by atoms with van der Waals surface area (Å²) in [6.07, 6.45) is 2.77. The summed E-state index contributed by atoms with van der Waals surface area (Å²) in [6.45, 7) is 1.63. The van der Waals surface area contributed by atoms with Crippen LogP contribution in [0.2, 0.25) is 0 Å². The summed E-state index contributed by atoms with van der Waals surface area (Å²) in [4.78, 5) is 24.3. The monoisotopic (exact) mass is 488 g/mol. The van der Waals surface area contributed by atoms with Crippen molar-refractivity contribution < 1.29 is 35.9 Å². The van der Waals surface area contributed by atoms with E-state index >= 15 is 0 Å². The van der Waals surface area contributed by atoms with E-state index in [1.54, 1.807) is 0 Å². The largest absolute Gasteiger partial charge is 0.495 e. The third-order valence-electron chi connectivity index (χ3n) is 5.66. The lowest BCUT2D eigenvalue weighted by Gasteiger charge is -2.32. The van der Waals surface area contributed by atoms with Crippen LogP contribution in [0.4, 0.5) is 0 Å². The molecule has 1 aromatic carbocycles. The zero-order valence-electron chi connectivity index (χ0n) is 18.1. The fourth-order valence-corrected chi connectivity index (χ4v) is 7.51. The van der Waals surface area contributed by atoms with Gasteiger partial charge in [0.2, 0.25) is 10.0 Å². The Labute approximate surface area is 188 Å². The Balaban J connectivity index is 1.70. The molecule has 0 aliphatic carbocycles. The fraction of sp³-hybridized carbons (Fsp3) is 0.600. The number of hydrogen-bond acceptors (Lipinski definition) is 8. The summed E-state index contributed by atoms with van der Waals surface area (Å²) in [6, 6.07) is 3.26. The van der Waals surface area contributed by atoms with Gasteiger partial charge in [0.05, 0.1) is 24.2 Å². The molecule has 2 aliphatic rings. The fourth-order valence-electron chi connectivity index (χ4n) is 3.95. The lowest BCUT2D eigenvalue weighted by Crippen LogP contribution is -2.42. The Morgan fingerprint density at radius 2 is 1.97 bits per heavy atom. The van der Waals surface area contributed by atoms with E-state index in [1.165, 1.54) is 29.6 Å². The van der Waals surface area contributed by atoms with Gasteiger partial charge in [0.1, 0.15) is 10.6 Å². The number of piperidine rings is 1. The normalized spacial score (nSPS) is 23.4.